The van der Waals surface area contributed by atoms with Gasteiger partial charge in [-0.1, -0.05) is 35.9 Å². The first kappa shape index (κ1) is 23.6. The molecular weight excluding hydrogens is 482 g/mol. The standard InChI is InChI=1S/C27H22ClN3O5/c1-16-25(33)31(15-17-5-4-6-18(28)13-17)22-14-19(9-10-23(22)36-16)29-24(32)11-12-30-26(34)20-7-2-3-8-21(20)27(30)35/h2-10,13-14,16H,11-12,15H2,1H3,(H,29,32). The Kier molecular flexibility index (Phi) is 6.20. The van der Waals surface area contributed by atoms with Crippen LogP contribution in [0.3, 0.4) is 0 Å². The SMILES string of the molecule is CC1Oc2ccc(NC(=O)CCN3C(=O)c4ccccc4C3=O)cc2N(Cc2cccc(Cl)c2)C1=O. The largest absolute Gasteiger partial charge is 0.479 e. The summed E-state index contributed by atoms with van der Waals surface area (Å²) in [5.41, 5.74) is 2.53. The van der Waals surface area contributed by atoms with E-state index in [1.807, 2.05) is 12.1 Å². The van der Waals surface area contributed by atoms with Gasteiger partial charge in [-0.05, 0) is 55.0 Å². The number of fused-ring (bicyclic) bond motifs is 2. The number of benzene rings is 3. The van der Waals surface area contributed by atoms with Crippen LogP contribution in [0, 0.1) is 0 Å². The molecule has 0 bridgehead atoms. The van der Waals surface area contributed by atoms with Crippen molar-refractivity contribution in [2.24, 2.45) is 0 Å². The summed E-state index contributed by atoms with van der Waals surface area (Å²) in [4.78, 5) is 53.3. The zero-order valence-electron chi connectivity index (χ0n) is 19.4. The molecule has 36 heavy (non-hydrogen) atoms. The molecule has 182 valence electrons. The number of ether oxygens (including phenoxy) is 1. The van der Waals surface area contributed by atoms with E-state index < -0.39 is 17.9 Å². The molecule has 0 saturated carbocycles. The molecule has 8 nitrogen and oxygen atoms in total. The highest BCUT2D eigenvalue weighted by Crippen LogP contribution is 2.37. The lowest BCUT2D eigenvalue weighted by Gasteiger charge is -2.33. The van der Waals surface area contributed by atoms with Crippen molar-refractivity contribution in [3.8, 4) is 5.75 Å². The van der Waals surface area contributed by atoms with Crippen LogP contribution in [0.15, 0.2) is 66.7 Å². The van der Waals surface area contributed by atoms with Gasteiger partial charge in [0.15, 0.2) is 6.10 Å². The topological polar surface area (TPSA) is 96.0 Å². The summed E-state index contributed by atoms with van der Waals surface area (Å²) >= 11 is 6.11. The Balaban J connectivity index is 1.29. The third-order valence-corrected chi connectivity index (χ3v) is 6.36. The molecule has 4 amide bonds. The van der Waals surface area contributed by atoms with E-state index in [1.165, 1.54) is 0 Å². The van der Waals surface area contributed by atoms with Crippen molar-refractivity contribution in [1.82, 2.24) is 4.90 Å². The number of hydrogen-bond donors (Lipinski definition) is 1. The van der Waals surface area contributed by atoms with Crippen molar-refractivity contribution in [1.29, 1.82) is 0 Å². The van der Waals surface area contributed by atoms with Gasteiger partial charge in [-0.15, -0.1) is 0 Å². The van der Waals surface area contributed by atoms with Crippen LogP contribution >= 0.6 is 11.6 Å². The van der Waals surface area contributed by atoms with Crippen LogP contribution < -0.4 is 15.0 Å². The highest BCUT2D eigenvalue weighted by atomic mass is 35.5. The second-order valence-electron chi connectivity index (χ2n) is 8.60. The van der Waals surface area contributed by atoms with Crippen LogP contribution in [0.4, 0.5) is 11.4 Å². The van der Waals surface area contributed by atoms with Gasteiger partial charge in [-0.2, -0.15) is 0 Å². The first-order valence-electron chi connectivity index (χ1n) is 11.4. The zero-order valence-corrected chi connectivity index (χ0v) is 20.1. The van der Waals surface area contributed by atoms with Crippen LogP contribution in [-0.2, 0) is 16.1 Å². The van der Waals surface area contributed by atoms with Gasteiger partial charge in [-0.3, -0.25) is 24.1 Å². The number of carbonyl (C=O) groups is 4. The van der Waals surface area contributed by atoms with Crippen LogP contribution in [0.2, 0.25) is 5.02 Å². The Morgan fingerprint density at radius 1 is 0.944 bits per heavy atom. The Morgan fingerprint density at radius 2 is 1.67 bits per heavy atom. The van der Waals surface area contributed by atoms with Gasteiger partial charge in [-0.25, -0.2) is 0 Å². The fourth-order valence-corrected chi connectivity index (χ4v) is 4.56. The summed E-state index contributed by atoms with van der Waals surface area (Å²) in [7, 11) is 0. The predicted molar refractivity (Wildman–Crippen MR) is 134 cm³/mol. The van der Waals surface area contributed by atoms with Crippen molar-refractivity contribution in [3.05, 3.63) is 88.4 Å². The maximum atomic E-state index is 12.9. The monoisotopic (exact) mass is 503 g/mol. The van der Waals surface area contributed by atoms with E-state index in [4.69, 9.17) is 16.3 Å². The first-order chi connectivity index (χ1) is 17.3. The average Bonchev–Trinajstić information content (AvgIpc) is 3.10. The second kappa shape index (κ2) is 9.47. The number of hydrogen-bond acceptors (Lipinski definition) is 5. The summed E-state index contributed by atoms with van der Waals surface area (Å²) in [6, 6.07) is 18.9. The first-order valence-corrected chi connectivity index (χ1v) is 11.8. The Hall–Kier alpha value is -4.17. The molecule has 0 radical (unpaired) electrons. The molecule has 3 aromatic rings. The maximum absolute atomic E-state index is 12.9. The molecule has 5 rings (SSSR count). The van der Waals surface area contributed by atoms with E-state index in [2.05, 4.69) is 5.32 Å². The number of anilines is 2. The number of amides is 4. The van der Waals surface area contributed by atoms with E-state index >= 15 is 0 Å². The summed E-state index contributed by atoms with van der Waals surface area (Å²) < 4.78 is 5.75. The zero-order chi connectivity index (χ0) is 25.4. The minimum absolute atomic E-state index is 0.0386. The predicted octanol–water partition coefficient (Wildman–Crippen LogP) is 4.28. The van der Waals surface area contributed by atoms with Crippen molar-refractivity contribution < 1.29 is 23.9 Å². The van der Waals surface area contributed by atoms with E-state index in [0.29, 0.717) is 33.3 Å². The van der Waals surface area contributed by atoms with Crippen molar-refractivity contribution in [2.75, 3.05) is 16.8 Å². The molecule has 2 aliphatic rings. The lowest BCUT2D eigenvalue weighted by Crippen LogP contribution is -2.44. The molecule has 0 aliphatic carbocycles. The highest BCUT2D eigenvalue weighted by molar-refractivity contribution is 6.30. The van der Waals surface area contributed by atoms with E-state index in [1.54, 1.807) is 66.4 Å². The van der Waals surface area contributed by atoms with Gasteiger partial charge in [0.2, 0.25) is 5.91 Å². The summed E-state index contributed by atoms with van der Waals surface area (Å²) in [6.45, 7) is 1.94. The molecule has 2 heterocycles. The fourth-order valence-electron chi connectivity index (χ4n) is 4.34. The number of nitrogens with zero attached hydrogens (tertiary/aromatic N) is 2. The lowest BCUT2D eigenvalue weighted by atomic mass is 10.1. The lowest BCUT2D eigenvalue weighted by molar-refractivity contribution is -0.125. The highest BCUT2D eigenvalue weighted by Gasteiger charge is 2.35. The molecule has 9 heteroatoms. The van der Waals surface area contributed by atoms with Crippen LogP contribution in [0.1, 0.15) is 39.6 Å². The Labute approximate surface area is 212 Å². The Morgan fingerprint density at radius 3 is 2.36 bits per heavy atom. The molecule has 1 unspecified atom stereocenters. The summed E-state index contributed by atoms with van der Waals surface area (Å²) in [5.74, 6) is -0.869. The third kappa shape index (κ3) is 4.43. The van der Waals surface area contributed by atoms with Gasteiger partial charge < -0.3 is 15.0 Å². The van der Waals surface area contributed by atoms with Crippen molar-refractivity contribution in [3.63, 3.8) is 0 Å². The number of imide groups is 1. The molecule has 2 aliphatic heterocycles. The van der Waals surface area contributed by atoms with Crippen LogP contribution in [0.5, 0.6) is 5.75 Å². The maximum Gasteiger partial charge on any atom is 0.268 e. The van der Waals surface area contributed by atoms with Gasteiger partial charge in [0, 0.05) is 23.7 Å². The fraction of sp³-hybridized carbons (Fsp3) is 0.185. The molecule has 0 aromatic heterocycles. The van der Waals surface area contributed by atoms with Gasteiger partial charge in [0.05, 0.1) is 23.4 Å². The smallest absolute Gasteiger partial charge is 0.268 e. The summed E-state index contributed by atoms with van der Waals surface area (Å²) in [5, 5.41) is 3.35. The quantitative estimate of drug-likeness (QED) is 0.506. The molecule has 0 spiro atoms. The van der Waals surface area contributed by atoms with Gasteiger partial charge in [0.1, 0.15) is 5.75 Å². The second-order valence-corrected chi connectivity index (χ2v) is 9.04. The number of carbonyl (C=O) groups excluding carboxylic acids is 4. The molecule has 3 aromatic carbocycles. The molecule has 1 N–H and O–H groups in total. The molecule has 0 fully saturated rings. The van der Waals surface area contributed by atoms with E-state index in [0.717, 1.165) is 10.5 Å². The van der Waals surface area contributed by atoms with Crippen molar-refractivity contribution >= 4 is 46.6 Å². The Bertz CT molecular complexity index is 1370. The normalized spacial score (nSPS) is 16.5. The molecule has 1 atom stereocenters. The van der Waals surface area contributed by atoms with Crippen LogP contribution in [0.25, 0.3) is 0 Å². The minimum atomic E-state index is -0.656. The number of halogens is 1. The summed E-state index contributed by atoms with van der Waals surface area (Å²) in [6.07, 6.45) is -0.724. The van der Waals surface area contributed by atoms with E-state index in [9.17, 15) is 19.2 Å². The van der Waals surface area contributed by atoms with Gasteiger partial charge in [0.25, 0.3) is 17.7 Å². The number of rotatable bonds is 6. The number of nitrogens with one attached hydrogen (secondary N) is 1. The average molecular weight is 504 g/mol. The van der Waals surface area contributed by atoms with Crippen LogP contribution in [-0.4, -0.2) is 41.2 Å². The van der Waals surface area contributed by atoms with Crippen molar-refractivity contribution in [2.45, 2.75) is 26.0 Å². The third-order valence-electron chi connectivity index (χ3n) is 6.12. The minimum Gasteiger partial charge on any atom is -0.479 e. The molecule has 0 saturated heterocycles. The molecular formula is C27H22ClN3O5. The van der Waals surface area contributed by atoms with Gasteiger partial charge >= 0.3 is 0 Å². The van der Waals surface area contributed by atoms with E-state index in [-0.39, 0.29) is 31.3 Å².